The summed E-state index contributed by atoms with van der Waals surface area (Å²) >= 11 is 0. The van der Waals surface area contributed by atoms with Gasteiger partial charge >= 0.3 is 0 Å². The van der Waals surface area contributed by atoms with E-state index in [1.807, 2.05) is 74.5 Å². The second kappa shape index (κ2) is 12.3. The molecule has 1 aliphatic rings. The van der Waals surface area contributed by atoms with E-state index in [1.54, 1.807) is 6.92 Å². The first-order valence-corrected chi connectivity index (χ1v) is 11.5. The van der Waals surface area contributed by atoms with Crippen LogP contribution in [0.3, 0.4) is 0 Å². The number of hydrogen-bond donors (Lipinski definition) is 3. The topological polar surface area (TPSA) is 97.2 Å². The highest BCUT2D eigenvalue weighted by Crippen LogP contribution is 2.30. The SMILES string of the molecule is CC1[C@@H](OCc2ccccc2)OC(CO)[C@@H](O)[C@@H]1O[C@@H](C)C(=O)N[C@@H](C)Cc1ccccc1. The van der Waals surface area contributed by atoms with Gasteiger partial charge in [0.2, 0.25) is 5.91 Å². The van der Waals surface area contributed by atoms with Crippen molar-refractivity contribution in [3.05, 3.63) is 71.8 Å². The van der Waals surface area contributed by atoms with E-state index in [0.717, 1.165) is 11.1 Å². The third-order valence-corrected chi connectivity index (χ3v) is 5.91. The lowest BCUT2D eigenvalue weighted by Crippen LogP contribution is -2.58. The summed E-state index contributed by atoms with van der Waals surface area (Å²) in [6, 6.07) is 19.5. The van der Waals surface area contributed by atoms with Gasteiger partial charge in [0, 0.05) is 12.0 Å². The van der Waals surface area contributed by atoms with Gasteiger partial charge in [-0.15, -0.1) is 0 Å². The van der Waals surface area contributed by atoms with Crippen LogP contribution >= 0.6 is 0 Å². The van der Waals surface area contributed by atoms with Crippen molar-refractivity contribution in [3.63, 3.8) is 0 Å². The van der Waals surface area contributed by atoms with E-state index in [-0.39, 0.29) is 24.5 Å². The number of carbonyl (C=O) groups is 1. The molecule has 1 heterocycles. The summed E-state index contributed by atoms with van der Waals surface area (Å²) in [5.41, 5.74) is 2.12. The fourth-order valence-electron chi connectivity index (χ4n) is 4.03. The molecular weight excluding hydrogens is 422 g/mol. The summed E-state index contributed by atoms with van der Waals surface area (Å²) in [6.45, 7) is 5.39. The predicted octanol–water partition coefficient (Wildman–Crippen LogP) is 2.44. The van der Waals surface area contributed by atoms with E-state index in [4.69, 9.17) is 14.2 Å². The molecule has 1 fully saturated rings. The Morgan fingerprint density at radius 2 is 1.67 bits per heavy atom. The van der Waals surface area contributed by atoms with Crippen LogP contribution in [0, 0.1) is 5.92 Å². The molecule has 1 amide bonds. The van der Waals surface area contributed by atoms with Crippen molar-refractivity contribution in [3.8, 4) is 0 Å². The van der Waals surface area contributed by atoms with Crippen molar-refractivity contribution in [1.29, 1.82) is 0 Å². The Balaban J connectivity index is 1.58. The number of hydrogen-bond acceptors (Lipinski definition) is 6. The molecule has 1 aliphatic heterocycles. The summed E-state index contributed by atoms with van der Waals surface area (Å²) in [6.07, 6.45) is -3.46. The molecule has 3 N–H and O–H groups in total. The Morgan fingerprint density at radius 1 is 1.06 bits per heavy atom. The summed E-state index contributed by atoms with van der Waals surface area (Å²) in [5.74, 6) is -0.616. The summed E-state index contributed by atoms with van der Waals surface area (Å²) in [5, 5.41) is 23.4. The molecule has 180 valence electrons. The molecule has 2 aromatic carbocycles. The molecule has 7 atom stereocenters. The zero-order valence-corrected chi connectivity index (χ0v) is 19.5. The van der Waals surface area contributed by atoms with Gasteiger partial charge in [0.15, 0.2) is 6.29 Å². The number of ether oxygens (including phenoxy) is 3. The van der Waals surface area contributed by atoms with Gasteiger partial charge in [-0.25, -0.2) is 0 Å². The number of amides is 1. The molecule has 0 aliphatic carbocycles. The zero-order chi connectivity index (χ0) is 23.8. The number of aliphatic hydroxyl groups is 2. The van der Waals surface area contributed by atoms with Crippen LogP contribution in [0.25, 0.3) is 0 Å². The molecule has 1 saturated heterocycles. The minimum absolute atomic E-state index is 0.0740. The molecule has 0 aromatic heterocycles. The summed E-state index contributed by atoms with van der Waals surface area (Å²) < 4.78 is 17.7. The van der Waals surface area contributed by atoms with Crippen molar-refractivity contribution in [2.24, 2.45) is 5.92 Å². The molecule has 2 aromatic rings. The average Bonchev–Trinajstić information content (AvgIpc) is 2.82. The highest BCUT2D eigenvalue weighted by atomic mass is 16.7. The van der Waals surface area contributed by atoms with E-state index in [0.29, 0.717) is 13.0 Å². The maximum Gasteiger partial charge on any atom is 0.249 e. The van der Waals surface area contributed by atoms with Crippen LogP contribution in [0.2, 0.25) is 0 Å². The van der Waals surface area contributed by atoms with Crippen LogP contribution < -0.4 is 5.32 Å². The minimum Gasteiger partial charge on any atom is -0.394 e. The van der Waals surface area contributed by atoms with E-state index in [1.165, 1.54) is 0 Å². The zero-order valence-electron chi connectivity index (χ0n) is 19.5. The number of carbonyl (C=O) groups excluding carboxylic acids is 1. The van der Waals surface area contributed by atoms with Crippen LogP contribution in [0.4, 0.5) is 0 Å². The highest BCUT2D eigenvalue weighted by Gasteiger charge is 2.45. The molecule has 7 heteroatoms. The lowest BCUT2D eigenvalue weighted by atomic mass is 9.92. The van der Waals surface area contributed by atoms with Gasteiger partial charge in [-0.05, 0) is 31.4 Å². The second-order valence-electron chi connectivity index (χ2n) is 8.71. The first-order valence-electron chi connectivity index (χ1n) is 11.5. The molecular formula is C26H35NO6. The fourth-order valence-corrected chi connectivity index (χ4v) is 4.03. The smallest absolute Gasteiger partial charge is 0.249 e. The maximum absolute atomic E-state index is 12.7. The predicted molar refractivity (Wildman–Crippen MR) is 124 cm³/mol. The Hall–Kier alpha value is -2.29. The van der Waals surface area contributed by atoms with Gasteiger partial charge in [0.25, 0.3) is 0 Å². The molecule has 2 unspecified atom stereocenters. The van der Waals surface area contributed by atoms with Crippen LogP contribution in [-0.2, 0) is 32.0 Å². The van der Waals surface area contributed by atoms with Crippen molar-refractivity contribution in [1.82, 2.24) is 5.32 Å². The Kier molecular flexibility index (Phi) is 9.41. The largest absolute Gasteiger partial charge is 0.394 e. The quantitative estimate of drug-likeness (QED) is 0.507. The average molecular weight is 458 g/mol. The first kappa shape index (κ1) is 25.3. The Labute approximate surface area is 195 Å². The normalized spacial score (nSPS) is 27.0. The summed E-state index contributed by atoms with van der Waals surface area (Å²) in [4.78, 5) is 12.7. The maximum atomic E-state index is 12.7. The standard InChI is InChI=1S/C26H35NO6/c1-17(14-20-10-6-4-7-11-20)27-25(30)19(3)32-24-18(2)26(33-22(15-28)23(24)29)31-16-21-12-8-5-9-13-21/h4-13,17-19,22-24,26,28-29H,14-16H2,1-3H3,(H,27,30)/t17-,18?,19-,22?,23+,24+,26-/m0/s1. The molecule has 0 bridgehead atoms. The number of benzene rings is 2. The van der Waals surface area contributed by atoms with Crippen LogP contribution in [0.5, 0.6) is 0 Å². The number of nitrogens with one attached hydrogen (secondary N) is 1. The lowest BCUT2D eigenvalue weighted by molar-refractivity contribution is -0.295. The van der Waals surface area contributed by atoms with Crippen LogP contribution in [-0.4, -0.2) is 59.5 Å². The van der Waals surface area contributed by atoms with Crippen molar-refractivity contribution >= 4 is 5.91 Å². The molecule has 0 spiro atoms. The molecule has 3 rings (SSSR count). The second-order valence-corrected chi connectivity index (χ2v) is 8.71. The van der Waals surface area contributed by atoms with Crippen molar-refractivity contribution in [2.45, 2.75) is 70.5 Å². The summed E-state index contributed by atoms with van der Waals surface area (Å²) in [7, 11) is 0. The Bertz CT molecular complexity index is 848. The van der Waals surface area contributed by atoms with Gasteiger partial charge in [0.1, 0.15) is 18.3 Å². The van der Waals surface area contributed by atoms with Gasteiger partial charge in [-0.1, -0.05) is 67.6 Å². The number of aliphatic hydroxyl groups excluding tert-OH is 2. The monoisotopic (exact) mass is 457 g/mol. The first-order chi connectivity index (χ1) is 15.9. The molecule has 0 radical (unpaired) electrons. The third-order valence-electron chi connectivity index (χ3n) is 5.91. The highest BCUT2D eigenvalue weighted by molar-refractivity contribution is 5.80. The lowest BCUT2D eigenvalue weighted by Gasteiger charge is -2.43. The van der Waals surface area contributed by atoms with Crippen molar-refractivity contribution in [2.75, 3.05) is 6.61 Å². The number of rotatable bonds is 10. The molecule has 33 heavy (non-hydrogen) atoms. The molecule has 0 saturated carbocycles. The van der Waals surface area contributed by atoms with Crippen molar-refractivity contribution < 1.29 is 29.2 Å². The van der Waals surface area contributed by atoms with E-state index in [9.17, 15) is 15.0 Å². The fraction of sp³-hybridized carbons (Fsp3) is 0.500. The molecule has 7 nitrogen and oxygen atoms in total. The van der Waals surface area contributed by atoms with Crippen LogP contribution in [0.1, 0.15) is 31.9 Å². The van der Waals surface area contributed by atoms with Gasteiger partial charge in [-0.3, -0.25) is 4.79 Å². The van der Waals surface area contributed by atoms with E-state index >= 15 is 0 Å². The van der Waals surface area contributed by atoms with E-state index in [2.05, 4.69) is 5.32 Å². The van der Waals surface area contributed by atoms with Gasteiger partial charge < -0.3 is 29.7 Å². The minimum atomic E-state index is -1.08. The van der Waals surface area contributed by atoms with Gasteiger partial charge in [0.05, 0.1) is 19.3 Å². The van der Waals surface area contributed by atoms with Crippen LogP contribution in [0.15, 0.2) is 60.7 Å². The van der Waals surface area contributed by atoms with Gasteiger partial charge in [-0.2, -0.15) is 0 Å². The van der Waals surface area contributed by atoms with E-state index < -0.39 is 30.7 Å². The third kappa shape index (κ3) is 7.09. The Morgan fingerprint density at radius 3 is 2.27 bits per heavy atom.